The van der Waals surface area contributed by atoms with Crippen molar-refractivity contribution in [2.24, 2.45) is 5.92 Å². The van der Waals surface area contributed by atoms with E-state index in [2.05, 4.69) is 0 Å². The number of unbranched alkanes of at least 4 members (excludes halogenated alkanes) is 1. The maximum Gasteiger partial charge on any atom is 0.320 e. The lowest BCUT2D eigenvalue weighted by Gasteiger charge is -2.13. The lowest BCUT2D eigenvalue weighted by molar-refractivity contribution is -0.146. The number of carbonyl (C=O) groups is 2. The predicted molar refractivity (Wildman–Crippen MR) is 58.0 cm³/mol. The summed E-state index contributed by atoms with van der Waals surface area (Å²) < 4.78 is 5.01. The summed E-state index contributed by atoms with van der Waals surface area (Å²) in [5.74, 6) is -1.36. The zero-order valence-electron chi connectivity index (χ0n) is 9.65. The molecule has 1 N–H and O–H groups in total. The molecule has 1 aliphatic rings. The number of carboxylic acids is 1. The number of nitrogens with zero attached hydrogens (tertiary/aromatic N) is 1. The van der Waals surface area contributed by atoms with Crippen molar-refractivity contribution >= 4 is 11.9 Å². The van der Waals surface area contributed by atoms with E-state index < -0.39 is 5.97 Å². The third-order valence-corrected chi connectivity index (χ3v) is 2.74. The van der Waals surface area contributed by atoms with Gasteiger partial charge < -0.3 is 9.84 Å². The maximum absolute atomic E-state index is 11.3. The second kappa shape index (κ2) is 6.48. The monoisotopic (exact) mass is 229 g/mol. The second-order valence-corrected chi connectivity index (χ2v) is 4.13. The minimum absolute atomic E-state index is 0.216. The molecule has 0 spiro atoms. The number of rotatable bonds is 6. The van der Waals surface area contributed by atoms with E-state index in [1.54, 1.807) is 0 Å². The molecule has 0 aliphatic carbocycles. The lowest BCUT2D eigenvalue weighted by Crippen LogP contribution is -2.30. The molecule has 1 saturated heterocycles. The Kier molecular flexibility index (Phi) is 5.25. The van der Waals surface area contributed by atoms with Gasteiger partial charge in [0.05, 0.1) is 19.1 Å². The highest BCUT2D eigenvalue weighted by Crippen LogP contribution is 2.15. The average Bonchev–Trinajstić information content (AvgIpc) is 2.66. The Morgan fingerprint density at radius 1 is 1.50 bits per heavy atom. The molecule has 5 heteroatoms. The van der Waals surface area contributed by atoms with Gasteiger partial charge in [0, 0.05) is 6.54 Å². The van der Waals surface area contributed by atoms with Crippen LogP contribution in [0.5, 0.6) is 0 Å². The first-order valence-electron chi connectivity index (χ1n) is 5.74. The molecule has 0 aromatic rings. The van der Waals surface area contributed by atoms with Crippen LogP contribution in [0, 0.1) is 5.92 Å². The zero-order valence-corrected chi connectivity index (χ0v) is 9.65. The Bertz CT molecular complexity index is 254. The Morgan fingerprint density at radius 2 is 2.25 bits per heavy atom. The van der Waals surface area contributed by atoms with E-state index in [0.717, 1.165) is 12.8 Å². The van der Waals surface area contributed by atoms with Crippen LogP contribution in [0.4, 0.5) is 0 Å². The van der Waals surface area contributed by atoms with Crippen LogP contribution in [0.3, 0.4) is 0 Å². The first-order chi connectivity index (χ1) is 7.63. The van der Waals surface area contributed by atoms with E-state index in [0.29, 0.717) is 26.1 Å². The standard InChI is InChI=1S/C11H19NO4/c1-2-3-6-16-10(13)8-12-5-4-9(7-12)11(14)15/h9H,2-8H2,1H3,(H,14,15). The van der Waals surface area contributed by atoms with Crippen molar-refractivity contribution in [2.45, 2.75) is 26.2 Å². The van der Waals surface area contributed by atoms with Crippen LogP contribution in [-0.4, -0.2) is 48.2 Å². The fourth-order valence-electron chi connectivity index (χ4n) is 1.74. The van der Waals surface area contributed by atoms with Crippen LogP contribution in [0.1, 0.15) is 26.2 Å². The van der Waals surface area contributed by atoms with E-state index in [4.69, 9.17) is 9.84 Å². The Hall–Kier alpha value is -1.10. The van der Waals surface area contributed by atoms with Crippen LogP contribution in [-0.2, 0) is 14.3 Å². The molecule has 92 valence electrons. The molecule has 16 heavy (non-hydrogen) atoms. The maximum atomic E-state index is 11.3. The largest absolute Gasteiger partial charge is 0.481 e. The fourth-order valence-corrected chi connectivity index (χ4v) is 1.74. The highest BCUT2D eigenvalue weighted by Gasteiger charge is 2.29. The SMILES string of the molecule is CCCCOC(=O)CN1CCC(C(=O)O)C1. The number of ether oxygens (including phenoxy) is 1. The van der Waals surface area contributed by atoms with Gasteiger partial charge in [0.2, 0.25) is 0 Å². The van der Waals surface area contributed by atoms with Crippen LogP contribution in [0.15, 0.2) is 0 Å². The summed E-state index contributed by atoms with van der Waals surface area (Å²) in [5, 5.41) is 8.80. The van der Waals surface area contributed by atoms with Gasteiger partial charge >= 0.3 is 11.9 Å². The molecule has 0 bridgehead atoms. The molecule has 1 atom stereocenters. The quantitative estimate of drug-likeness (QED) is 0.537. The van der Waals surface area contributed by atoms with E-state index in [-0.39, 0.29) is 18.4 Å². The number of hydrogen-bond donors (Lipinski definition) is 1. The second-order valence-electron chi connectivity index (χ2n) is 4.13. The minimum atomic E-state index is -0.776. The molecule has 0 radical (unpaired) electrons. The van der Waals surface area contributed by atoms with Crippen LogP contribution >= 0.6 is 0 Å². The summed E-state index contributed by atoms with van der Waals surface area (Å²) in [6.07, 6.45) is 2.50. The molecule has 1 heterocycles. The van der Waals surface area contributed by atoms with Gasteiger partial charge in [-0.05, 0) is 19.4 Å². The third kappa shape index (κ3) is 4.18. The number of esters is 1. The topological polar surface area (TPSA) is 66.8 Å². The van der Waals surface area contributed by atoms with Gasteiger partial charge in [0.1, 0.15) is 0 Å². The highest BCUT2D eigenvalue weighted by atomic mass is 16.5. The van der Waals surface area contributed by atoms with Crippen molar-refractivity contribution < 1.29 is 19.4 Å². The van der Waals surface area contributed by atoms with Crippen molar-refractivity contribution in [1.82, 2.24) is 4.90 Å². The summed E-state index contributed by atoms with van der Waals surface area (Å²) in [4.78, 5) is 23.9. The summed E-state index contributed by atoms with van der Waals surface area (Å²) in [7, 11) is 0. The highest BCUT2D eigenvalue weighted by molar-refractivity contribution is 5.73. The summed E-state index contributed by atoms with van der Waals surface area (Å²) in [6, 6.07) is 0. The molecule has 1 unspecified atom stereocenters. The fraction of sp³-hybridized carbons (Fsp3) is 0.818. The van der Waals surface area contributed by atoms with Gasteiger partial charge in [-0.15, -0.1) is 0 Å². The zero-order chi connectivity index (χ0) is 12.0. The number of hydrogen-bond acceptors (Lipinski definition) is 4. The molecule has 1 rings (SSSR count). The van der Waals surface area contributed by atoms with E-state index in [9.17, 15) is 9.59 Å². The lowest BCUT2D eigenvalue weighted by atomic mass is 10.1. The molecule has 1 fully saturated rings. The molecule has 0 amide bonds. The van der Waals surface area contributed by atoms with Gasteiger partial charge in [-0.3, -0.25) is 14.5 Å². The van der Waals surface area contributed by atoms with E-state index >= 15 is 0 Å². The van der Waals surface area contributed by atoms with Gasteiger partial charge in [-0.25, -0.2) is 0 Å². The van der Waals surface area contributed by atoms with E-state index in [1.807, 2.05) is 11.8 Å². The molecular weight excluding hydrogens is 210 g/mol. The number of aliphatic carboxylic acids is 1. The van der Waals surface area contributed by atoms with Gasteiger partial charge in [0.25, 0.3) is 0 Å². The molecular formula is C11H19NO4. The van der Waals surface area contributed by atoms with Crippen molar-refractivity contribution in [3.8, 4) is 0 Å². The first-order valence-corrected chi connectivity index (χ1v) is 5.74. The molecule has 5 nitrogen and oxygen atoms in total. The number of carbonyl (C=O) groups excluding carboxylic acids is 1. The Morgan fingerprint density at radius 3 is 2.81 bits per heavy atom. The van der Waals surface area contributed by atoms with Crippen molar-refractivity contribution in [2.75, 3.05) is 26.2 Å². The Balaban J connectivity index is 2.18. The molecule has 1 aliphatic heterocycles. The summed E-state index contributed by atoms with van der Waals surface area (Å²) in [6.45, 7) is 3.84. The van der Waals surface area contributed by atoms with Crippen molar-refractivity contribution in [3.63, 3.8) is 0 Å². The number of carboxylic acid groups (broad SMARTS) is 1. The first kappa shape index (κ1) is 13.0. The third-order valence-electron chi connectivity index (χ3n) is 2.74. The minimum Gasteiger partial charge on any atom is -0.481 e. The van der Waals surface area contributed by atoms with Gasteiger partial charge in [-0.1, -0.05) is 13.3 Å². The molecule has 0 saturated carbocycles. The molecule has 0 aromatic carbocycles. The average molecular weight is 229 g/mol. The molecule has 0 aromatic heterocycles. The predicted octanol–water partition coefficient (Wildman–Crippen LogP) is 0.736. The summed E-state index contributed by atoms with van der Waals surface area (Å²) >= 11 is 0. The van der Waals surface area contributed by atoms with Crippen molar-refractivity contribution in [1.29, 1.82) is 0 Å². The van der Waals surface area contributed by atoms with Gasteiger partial charge in [0.15, 0.2) is 0 Å². The van der Waals surface area contributed by atoms with Crippen LogP contribution < -0.4 is 0 Å². The smallest absolute Gasteiger partial charge is 0.320 e. The normalized spacial score (nSPS) is 20.9. The van der Waals surface area contributed by atoms with Crippen molar-refractivity contribution in [3.05, 3.63) is 0 Å². The van der Waals surface area contributed by atoms with Crippen LogP contribution in [0.25, 0.3) is 0 Å². The van der Waals surface area contributed by atoms with Crippen LogP contribution in [0.2, 0.25) is 0 Å². The number of likely N-dealkylation sites (tertiary alicyclic amines) is 1. The van der Waals surface area contributed by atoms with E-state index in [1.165, 1.54) is 0 Å². The van der Waals surface area contributed by atoms with Gasteiger partial charge in [-0.2, -0.15) is 0 Å². The summed E-state index contributed by atoms with van der Waals surface area (Å²) in [5.41, 5.74) is 0. The Labute approximate surface area is 95.4 Å².